The fraction of sp³-hybridized carbons (Fsp3) is 0.500. The Bertz CT molecular complexity index is 665. The van der Waals surface area contributed by atoms with E-state index in [4.69, 9.17) is 0 Å². The number of aryl methyl sites for hydroxylation is 1. The highest BCUT2D eigenvalue weighted by molar-refractivity contribution is 7.09. The first-order chi connectivity index (χ1) is 11.6. The number of carbonyl (C=O) groups is 1. The Hall–Kier alpha value is -1.79. The predicted molar refractivity (Wildman–Crippen MR) is 98.2 cm³/mol. The van der Waals surface area contributed by atoms with E-state index in [1.165, 1.54) is 10.6 Å². The first-order valence-corrected chi connectivity index (χ1v) is 9.40. The van der Waals surface area contributed by atoms with Gasteiger partial charge < -0.3 is 14.8 Å². The van der Waals surface area contributed by atoms with E-state index in [1.807, 2.05) is 11.9 Å². The molecule has 2 amide bonds. The quantitative estimate of drug-likeness (QED) is 0.925. The van der Waals surface area contributed by atoms with Gasteiger partial charge in [0.05, 0.1) is 6.54 Å². The molecule has 0 spiro atoms. The molecule has 24 heavy (non-hydrogen) atoms. The lowest BCUT2D eigenvalue weighted by molar-refractivity contribution is 0.197. The molecule has 0 bridgehead atoms. The zero-order valence-corrected chi connectivity index (χ0v) is 15.3. The van der Waals surface area contributed by atoms with Crippen molar-refractivity contribution in [2.75, 3.05) is 26.2 Å². The highest BCUT2D eigenvalue weighted by Crippen LogP contribution is 2.14. The van der Waals surface area contributed by atoms with Crippen molar-refractivity contribution in [1.29, 1.82) is 0 Å². The summed E-state index contributed by atoms with van der Waals surface area (Å²) in [5, 5.41) is 5.18. The van der Waals surface area contributed by atoms with Gasteiger partial charge in [-0.3, -0.25) is 4.90 Å². The van der Waals surface area contributed by atoms with Crippen molar-refractivity contribution >= 4 is 17.4 Å². The molecule has 1 aliphatic rings. The molecule has 2 aromatic rings. The van der Waals surface area contributed by atoms with E-state index in [0.717, 1.165) is 44.8 Å². The molecule has 2 aromatic heterocycles. The third-order valence-corrected chi connectivity index (χ3v) is 5.59. The fourth-order valence-corrected chi connectivity index (χ4v) is 3.82. The zero-order chi connectivity index (χ0) is 16.9. The maximum atomic E-state index is 12.5. The van der Waals surface area contributed by atoms with Gasteiger partial charge in [-0.15, -0.1) is 11.3 Å². The van der Waals surface area contributed by atoms with E-state index in [0.29, 0.717) is 6.54 Å². The van der Waals surface area contributed by atoms with Crippen LogP contribution in [0.2, 0.25) is 0 Å². The number of carbonyl (C=O) groups excluding carboxylic acids is 1. The highest BCUT2D eigenvalue weighted by Gasteiger charge is 2.19. The Labute approximate surface area is 147 Å². The minimum absolute atomic E-state index is 0.0480. The van der Waals surface area contributed by atoms with E-state index in [2.05, 4.69) is 51.4 Å². The summed E-state index contributed by atoms with van der Waals surface area (Å²) in [6.07, 6.45) is 1.03. The SMILES string of the molecule is Cc1ccc(CNC(=O)N2CCCN(Cc3cccs3)CC2)n1C. The third-order valence-electron chi connectivity index (χ3n) is 4.73. The summed E-state index contributed by atoms with van der Waals surface area (Å²) in [5.74, 6) is 0. The van der Waals surface area contributed by atoms with E-state index in [-0.39, 0.29) is 6.03 Å². The number of urea groups is 1. The van der Waals surface area contributed by atoms with E-state index in [9.17, 15) is 4.79 Å². The molecule has 0 aliphatic carbocycles. The zero-order valence-electron chi connectivity index (χ0n) is 14.5. The Morgan fingerprint density at radius 1 is 1.21 bits per heavy atom. The van der Waals surface area contributed by atoms with Gasteiger partial charge in [-0.1, -0.05) is 6.07 Å². The summed E-state index contributed by atoms with van der Waals surface area (Å²) >= 11 is 1.80. The van der Waals surface area contributed by atoms with Crippen LogP contribution in [0, 0.1) is 6.92 Å². The number of aromatic nitrogens is 1. The van der Waals surface area contributed by atoms with Crippen LogP contribution in [0.15, 0.2) is 29.6 Å². The van der Waals surface area contributed by atoms with Crippen LogP contribution in [0.25, 0.3) is 0 Å². The molecule has 6 heteroatoms. The van der Waals surface area contributed by atoms with Crippen molar-refractivity contribution in [2.24, 2.45) is 7.05 Å². The van der Waals surface area contributed by atoms with E-state index < -0.39 is 0 Å². The average Bonchev–Trinajstić information content (AvgIpc) is 3.11. The van der Waals surface area contributed by atoms with Gasteiger partial charge in [0, 0.05) is 56.0 Å². The molecule has 0 radical (unpaired) electrons. The van der Waals surface area contributed by atoms with Gasteiger partial charge in [0.15, 0.2) is 0 Å². The summed E-state index contributed by atoms with van der Waals surface area (Å²) in [7, 11) is 2.03. The molecule has 0 saturated carbocycles. The molecular weight excluding hydrogens is 320 g/mol. The van der Waals surface area contributed by atoms with Gasteiger partial charge >= 0.3 is 6.03 Å². The van der Waals surface area contributed by atoms with Crippen molar-refractivity contribution < 1.29 is 4.79 Å². The van der Waals surface area contributed by atoms with Crippen molar-refractivity contribution in [3.63, 3.8) is 0 Å². The lowest BCUT2D eigenvalue weighted by Gasteiger charge is -2.22. The van der Waals surface area contributed by atoms with Gasteiger partial charge in [0.25, 0.3) is 0 Å². The maximum Gasteiger partial charge on any atom is 0.317 e. The van der Waals surface area contributed by atoms with Gasteiger partial charge in [0.2, 0.25) is 0 Å². The molecule has 0 aromatic carbocycles. The minimum Gasteiger partial charge on any atom is -0.350 e. The van der Waals surface area contributed by atoms with Gasteiger partial charge in [-0.25, -0.2) is 4.79 Å². The second-order valence-corrected chi connectivity index (χ2v) is 7.41. The largest absolute Gasteiger partial charge is 0.350 e. The van der Waals surface area contributed by atoms with Crippen LogP contribution in [-0.2, 0) is 20.1 Å². The first kappa shape index (κ1) is 17.0. The topological polar surface area (TPSA) is 40.5 Å². The Morgan fingerprint density at radius 2 is 2.08 bits per heavy atom. The molecule has 130 valence electrons. The Morgan fingerprint density at radius 3 is 2.79 bits per heavy atom. The van der Waals surface area contributed by atoms with Gasteiger partial charge in [-0.05, 0) is 36.9 Å². The molecule has 1 fully saturated rings. The number of rotatable bonds is 4. The lowest BCUT2D eigenvalue weighted by Crippen LogP contribution is -2.41. The summed E-state index contributed by atoms with van der Waals surface area (Å²) < 4.78 is 2.12. The lowest BCUT2D eigenvalue weighted by atomic mass is 10.3. The molecule has 3 heterocycles. The third kappa shape index (κ3) is 4.19. The normalized spacial score (nSPS) is 16.2. The standard InChI is InChI=1S/C18H26N4OS/c1-15-6-7-16(20(15)2)13-19-18(23)22-9-4-8-21(10-11-22)14-17-5-3-12-24-17/h3,5-7,12H,4,8-11,13-14H2,1-2H3,(H,19,23). The Balaban J connectivity index is 1.48. The number of amides is 2. The molecular formula is C18H26N4OS. The minimum atomic E-state index is 0.0480. The van der Waals surface area contributed by atoms with Crippen LogP contribution in [0.3, 0.4) is 0 Å². The summed E-state index contributed by atoms with van der Waals surface area (Å²) in [6, 6.07) is 8.48. The summed E-state index contributed by atoms with van der Waals surface area (Å²) in [4.78, 5) is 18.2. The molecule has 1 saturated heterocycles. The summed E-state index contributed by atoms with van der Waals surface area (Å²) in [6.45, 7) is 7.27. The van der Waals surface area contributed by atoms with Crippen molar-refractivity contribution in [3.05, 3.63) is 45.9 Å². The number of hydrogen-bond donors (Lipinski definition) is 1. The second-order valence-electron chi connectivity index (χ2n) is 6.38. The average molecular weight is 347 g/mol. The van der Waals surface area contributed by atoms with E-state index in [1.54, 1.807) is 11.3 Å². The first-order valence-electron chi connectivity index (χ1n) is 8.52. The van der Waals surface area contributed by atoms with Crippen molar-refractivity contribution in [2.45, 2.75) is 26.4 Å². The molecule has 3 rings (SSSR count). The van der Waals surface area contributed by atoms with Gasteiger partial charge in [-0.2, -0.15) is 0 Å². The smallest absolute Gasteiger partial charge is 0.317 e. The number of hydrogen-bond acceptors (Lipinski definition) is 3. The molecule has 0 unspecified atom stereocenters. The molecule has 1 N–H and O–H groups in total. The van der Waals surface area contributed by atoms with Crippen LogP contribution < -0.4 is 5.32 Å². The van der Waals surface area contributed by atoms with Crippen molar-refractivity contribution in [3.8, 4) is 0 Å². The van der Waals surface area contributed by atoms with Gasteiger partial charge in [0.1, 0.15) is 0 Å². The second kappa shape index (κ2) is 7.85. The molecule has 1 aliphatic heterocycles. The highest BCUT2D eigenvalue weighted by atomic mass is 32.1. The molecule has 0 atom stereocenters. The van der Waals surface area contributed by atoms with Crippen LogP contribution in [0.5, 0.6) is 0 Å². The number of nitrogens with one attached hydrogen (secondary N) is 1. The van der Waals surface area contributed by atoms with Crippen LogP contribution in [0.1, 0.15) is 22.7 Å². The summed E-state index contributed by atoms with van der Waals surface area (Å²) in [5.41, 5.74) is 2.34. The predicted octanol–water partition coefficient (Wildman–Crippen LogP) is 2.81. The molecule has 5 nitrogen and oxygen atoms in total. The Kier molecular flexibility index (Phi) is 5.58. The fourth-order valence-electron chi connectivity index (χ4n) is 3.08. The maximum absolute atomic E-state index is 12.5. The number of nitrogens with zero attached hydrogens (tertiary/aromatic N) is 3. The monoisotopic (exact) mass is 346 g/mol. The van der Waals surface area contributed by atoms with Crippen molar-refractivity contribution in [1.82, 2.24) is 19.7 Å². The van der Waals surface area contributed by atoms with E-state index >= 15 is 0 Å². The van der Waals surface area contributed by atoms with Crippen LogP contribution in [-0.4, -0.2) is 46.6 Å². The number of thiophene rings is 1. The van der Waals surface area contributed by atoms with Crippen LogP contribution >= 0.6 is 11.3 Å². The van der Waals surface area contributed by atoms with Crippen LogP contribution in [0.4, 0.5) is 4.79 Å².